The van der Waals surface area contributed by atoms with Crippen molar-refractivity contribution in [3.8, 4) is 11.3 Å². The first kappa shape index (κ1) is 16.6. The number of nitrogens with two attached hydrogens (primary N) is 1. The number of hydrogen-bond donors (Lipinski definition) is 1. The van der Waals surface area contributed by atoms with E-state index in [9.17, 15) is 4.79 Å². The third kappa shape index (κ3) is 3.66. The molecular weight excluding hydrogens is 312 g/mol. The van der Waals surface area contributed by atoms with Crippen LogP contribution in [-0.4, -0.2) is 27.8 Å². The Kier molecular flexibility index (Phi) is 4.75. The van der Waals surface area contributed by atoms with Crippen molar-refractivity contribution < 1.29 is 4.79 Å². The van der Waals surface area contributed by atoms with E-state index in [4.69, 9.17) is 5.73 Å². The zero-order valence-corrected chi connectivity index (χ0v) is 14.3. The number of nitrogen functional groups attached to an aromatic ring is 1. The van der Waals surface area contributed by atoms with Crippen LogP contribution in [-0.2, 0) is 0 Å². The van der Waals surface area contributed by atoms with Crippen LogP contribution in [0.5, 0.6) is 0 Å². The van der Waals surface area contributed by atoms with E-state index in [1.165, 1.54) is 6.20 Å². The van der Waals surface area contributed by atoms with Gasteiger partial charge in [0.1, 0.15) is 5.82 Å². The lowest BCUT2D eigenvalue weighted by atomic mass is 10.0. The van der Waals surface area contributed by atoms with Gasteiger partial charge in [-0.15, -0.1) is 0 Å². The summed E-state index contributed by atoms with van der Waals surface area (Å²) in [6.07, 6.45) is 3.11. The molecule has 2 N–H and O–H groups in total. The van der Waals surface area contributed by atoms with Gasteiger partial charge in [0.15, 0.2) is 0 Å². The highest BCUT2D eigenvalue weighted by Crippen LogP contribution is 2.23. The summed E-state index contributed by atoms with van der Waals surface area (Å²) in [6, 6.07) is 17.3. The second-order valence-corrected chi connectivity index (χ2v) is 5.91. The fourth-order valence-electron chi connectivity index (χ4n) is 2.63. The van der Waals surface area contributed by atoms with E-state index in [-0.39, 0.29) is 11.9 Å². The van der Waals surface area contributed by atoms with Gasteiger partial charge in [0.25, 0.3) is 5.91 Å². The van der Waals surface area contributed by atoms with Gasteiger partial charge in [-0.2, -0.15) is 0 Å². The van der Waals surface area contributed by atoms with E-state index < -0.39 is 0 Å². The van der Waals surface area contributed by atoms with Crippen LogP contribution in [0.1, 0.15) is 28.9 Å². The maximum Gasteiger partial charge on any atom is 0.254 e. The largest absolute Gasteiger partial charge is 0.382 e. The Labute approximate surface area is 147 Å². The maximum absolute atomic E-state index is 12.9. The monoisotopic (exact) mass is 332 g/mol. The van der Waals surface area contributed by atoms with Gasteiger partial charge < -0.3 is 10.6 Å². The Balaban J connectivity index is 1.85. The summed E-state index contributed by atoms with van der Waals surface area (Å²) in [5, 5.41) is 0. The number of amides is 1. The zero-order valence-electron chi connectivity index (χ0n) is 14.3. The summed E-state index contributed by atoms with van der Waals surface area (Å²) >= 11 is 0. The highest BCUT2D eigenvalue weighted by atomic mass is 16.2. The average molecular weight is 332 g/mol. The third-order valence-electron chi connectivity index (χ3n) is 4.26. The van der Waals surface area contributed by atoms with Gasteiger partial charge in [0, 0.05) is 18.2 Å². The van der Waals surface area contributed by atoms with Crippen LogP contribution in [0.15, 0.2) is 67.0 Å². The predicted molar refractivity (Wildman–Crippen MR) is 98.8 cm³/mol. The molecule has 25 heavy (non-hydrogen) atoms. The Hall–Kier alpha value is -3.21. The van der Waals surface area contributed by atoms with Gasteiger partial charge in [-0.05, 0) is 24.6 Å². The second kappa shape index (κ2) is 7.13. The highest BCUT2D eigenvalue weighted by Gasteiger charge is 2.19. The van der Waals surface area contributed by atoms with Gasteiger partial charge in [0.05, 0.1) is 24.1 Å². The number of anilines is 1. The molecule has 3 rings (SSSR count). The number of carbonyl (C=O) groups excluding carboxylic acids is 1. The smallest absolute Gasteiger partial charge is 0.254 e. The van der Waals surface area contributed by atoms with Crippen molar-refractivity contribution in [1.29, 1.82) is 0 Å². The molecule has 1 heterocycles. The van der Waals surface area contributed by atoms with E-state index in [1.807, 2.05) is 68.6 Å². The van der Waals surface area contributed by atoms with Crippen LogP contribution in [0.3, 0.4) is 0 Å². The van der Waals surface area contributed by atoms with Crippen molar-refractivity contribution >= 4 is 11.7 Å². The normalized spacial score (nSPS) is 11.8. The minimum Gasteiger partial charge on any atom is -0.382 e. The molecule has 1 amide bonds. The molecule has 0 aliphatic carbocycles. The minimum absolute atomic E-state index is 0.0197. The molecule has 0 spiro atoms. The van der Waals surface area contributed by atoms with Crippen LogP contribution in [0, 0.1) is 0 Å². The summed E-state index contributed by atoms with van der Waals surface area (Å²) < 4.78 is 0. The van der Waals surface area contributed by atoms with E-state index in [0.29, 0.717) is 17.1 Å². The van der Waals surface area contributed by atoms with Crippen molar-refractivity contribution in [2.24, 2.45) is 0 Å². The van der Waals surface area contributed by atoms with Gasteiger partial charge in [-0.25, -0.2) is 4.98 Å². The fourth-order valence-corrected chi connectivity index (χ4v) is 2.63. The highest BCUT2D eigenvalue weighted by molar-refractivity contribution is 5.95. The van der Waals surface area contributed by atoms with Gasteiger partial charge in [0.2, 0.25) is 0 Å². The van der Waals surface area contributed by atoms with Crippen LogP contribution < -0.4 is 5.73 Å². The molecule has 0 radical (unpaired) electrons. The number of hydrogen-bond acceptors (Lipinski definition) is 4. The molecule has 0 saturated carbocycles. The topological polar surface area (TPSA) is 72.1 Å². The first-order valence-electron chi connectivity index (χ1n) is 8.06. The molecule has 3 aromatic rings. The van der Waals surface area contributed by atoms with Crippen molar-refractivity contribution in [3.63, 3.8) is 0 Å². The molecule has 0 fully saturated rings. The van der Waals surface area contributed by atoms with Crippen LogP contribution in [0.25, 0.3) is 11.3 Å². The van der Waals surface area contributed by atoms with Crippen molar-refractivity contribution in [2.45, 2.75) is 13.0 Å². The summed E-state index contributed by atoms with van der Waals surface area (Å²) in [5.74, 6) is 0.328. The molecule has 2 aromatic carbocycles. The van der Waals surface area contributed by atoms with Crippen molar-refractivity contribution in [3.05, 3.63) is 78.1 Å². The van der Waals surface area contributed by atoms with Crippen LogP contribution >= 0.6 is 0 Å². The second-order valence-electron chi connectivity index (χ2n) is 5.91. The number of rotatable bonds is 4. The number of nitrogens with zero attached hydrogens (tertiary/aromatic N) is 3. The maximum atomic E-state index is 12.9. The number of carbonyl (C=O) groups is 1. The lowest BCUT2D eigenvalue weighted by Gasteiger charge is -2.25. The third-order valence-corrected chi connectivity index (χ3v) is 4.26. The summed E-state index contributed by atoms with van der Waals surface area (Å²) in [5.41, 5.74) is 8.80. The molecule has 0 aliphatic heterocycles. The molecule has 1 atom stereocenters. The van der Waals surface area contributed by atoms with Crippen LogP contribution in [0.4, 0.5) is 5.82 Å². The average Bonchev–Trinajstić information content (AvgIpc) is 2.67. The first-order valence-corrected chi connectivity index (χ1v) is 8.06. The molecule has 5 heteroatoms. The van der Waals surface area contributed by atoms with Gasteiger partial charge in [-0.1, -0.05) is 42.5 Å². The molecule has 0 unspecified atom stereocenters. The van der Waals surface area contributed by atoms with Gasteiger partial charge in [-0.3, -0.25) is 9.78 Å². The fraction of sp³-hybridized carbons (Fsp3) is 0.150. The van der Waals surface area contributed by atoms with Gasteiger partial charge >= 0.3 is 0 Å². The molecule has 5 nitrogen and oxygen atoms in total. The summed E-state index contributed by atoms with van der Waals surface area (Å²) in [6.45, 7) is 2.02. The van der Waals surface area contributed by atoms with Crippen molar-refractivity contribution in [2.75, 3.05) is 12.8 Å². The lowest BCUT2D eigenvalue weighted by Crippen LogP contribution is -2.29. The molecule has 0 saturated heterocycles. The Morgan fingerprint density at radius 2 is 1.80 bits per heavy atom. The number of aromatic nitrogens is 2. The van der Waals surface area contributed by atoms with E-state index >= 15 is 0 Å². The first-order chi connectivity index (χ1) is 12.1. The quantitative estimate of drug-likeness (QED) is 0.793. The molecule has 0 aliphatic rings. The molecule has 0 bridgehead atoms. The summed E-state index contributed by atoms with van der Waals surface area (Å²) in [4.78, 5) is 22.9. The minimum atomic E-state index is -0.0402. The Morgan fingerprint density at radius 3 is 2.48 bits per heavy atom. The predicted octanol–water partition coefficient (Wildman–Crippen LogP) is 3.56. The van der Waals surface area contributed by atoms with E-state index in [1.54, 1.807) is 11.1 Å². The van der Waals surface area contributed by atoms with Crippen molar-refractivity contribution in [1.82, 2.24) is 14.9 Å². The molecule has 126 valence electrons. The standard InChI is InChI=1S/C20H20N4O/c1-14(15-7-4-3-5-8-15)24(2)20(25)17-10-6-9-16(11-17)18-12-23-19(21)13-22-18/h3-14H,1-2H3,(H2,21,23)/t14-/m1/s1. The van der Waals surface area contributed by atoms with E-state index in [2.05, 4.69) is 9.97 Å². The molecular formula is C20H20N4O. The van der Waals surface area contributed by atoms with E-state index in [0.717, 1.165) is 11.1 Å². The van der Waals surface area contributed by atoms with Crippen LogP contribution in [0.2, 0.25) is 0 Å². The summed E-state index contributed by atoms with van der Waals surface area (Å²) in [7, 11) is 1.82. The zero-order chi connectivity index (χ0) is 17.8. The SMILES string of the molecule is C[C@H](c1ccccc1)N(C)C(=O)c1cccc(-c2cnc(N)cn2)c1. The number of benzene rings is 2. The molecule has 1 aromatic heterocycles. The Morgan fingerprint density at radius 1 is 1.04 bits per heavy atom. The Bertz CT molecular complexity index is 862. The lowest BCUT2D eigenvalue weighted by molar-refractivity contribution is 0.0742.